The van der Waals surface area contributed by atoms with E-state index in [0.29, 0.717) is 26.0 Å². The largest absolute Gasteiger partial charge is 0.488 e. The monoisotopic (exact) mass is 385 g/mol. The lowest BCUT2D eigenvalue weighted by molar-refractivity contribution is -0.287. The third kappa shape index (κ3) is 3.57. The Morgan fingerprint density at radius 3 is 2.56 bits per heavy atom. The normalized spacial score (nSPS) is 35.7. The minimum atomic E-state index is -4.30. The molecule has 1 N–H and O–H groups in total. The molecule has 1 heterocycles. The second-order valence-corrected chi connectivity index (χ2v) is 7.96. The molecule has 2 saturated carbocycles. The van der Waals surface area contributed by atoms with Crippen LogP contribution in [-0.2, 0) is 16.0 Å². The van der Waals surface area contributed by atoms with E-state index in [1.165, 1.54) is 7.11 Å². The zero-order valence-corrected chi connectivity index (χ0v) is 15.4. The molecule has 0 amide bonds. The van der Waals surface area contributed by atoms with Crippen LogP contribution < -0.4 is 10.1 Å². The molecule has 27 heavy (non-hydrogen) atoms. The fourth-order valence-electron chi connectivity index (χ4n) is 4.98. The summed E-state index contributed by atoms with van der Waals surface area (Å²) in [6, 6.07) is 8.00. The fourth-order valence-corrected chi connectivity index (χ4v) is 4.98. The molecule has 0 radical (unpaired) electrons. The Kier molecular flexibility index (Phi) is 5.12. The molecule has 1 saturated heterocycles. The van der Waals surface area contributed by atoms with Crippen LogP contribution >= 0.6 is 0 Å². The van der Waals surface area contributed by atoms with E-state index >= 15 is 0 Å². The molecule has 2 bridgehead atoms. The van der Waals surface area contributed by atoms with Crippen molar-refractivity contribution in [2.75, 3.05) is 20.3 Å². The summed E-state index contributed by atoms with van der Waals surface area (Å²) in [5, 5.41) is 3.45. The van der Waals surface area contributed by atoms with Crippen molar-refractivity contribution in [1.29, 1.82) is 0 Å². The van der Waals surface area contributed by atoms with E-state index in [1.807, 2.05) is 24.3 Å². The summed E-state index contributed by atoms with van der Waals surface area (Å²) in [7, 11) is 1.19. The Labute approximate surface area is 157 Å². The van der Waals surface area contributed by atoms with Gasteiger partial charge in [0.1, 0.15) is 11.9 Å². The van der Waals surface area contributed by atoms with E-state index in [9.17, 15) is 13.2 Å². The summed E-state index contributed by atoms with van der Waals surface area (Å²) in [5.74, 6) is 0.389. The maximum absolute atomic E-state index is 13.5. The topological polar surface area (TPSA) is 39.7 Å². The van der Waals surface area contributed by atoms with Gasteiger partial charge in [0.2, 0.25) is 0 Å². The Balaban J connectivity index is 1.29. The molecular formula is C20H26F3NO3. The quantitative estimate of drug-likeness (QED) is 0.811. The lowest BCUT2D eigenvalue weighted by Gasteiger charge is -2.40. The van der Waals surface area contributed by atoms with Crippen LogP contribution in [0.4, 0.5) is 13.2 Å². The number of alkyl halides is 3. The van der Waals surface area contributed by atoms with E-state index in [2.05, 4.69) is 5.32 Å². The number of hydrogen-bond acceptors (Lipinski definition) is 4. The first kappa shape index (κ1) is 19.0. The molecule has 150 valence electrons. The van der Waals surface area contributed by atoms with Gasteiger partial charge in [-0.25, -0.2) is 0 Å². The number of fused-ring (bicyclic) bond motifs is 2. The number of methoxy groups -OCH3 is 1. The highest BCUT2D eigenvalue weighted by atomic mass is 19.4. The standard InChI is InChI=1S/C20H26F3NO3/c1-25-19(20(21,22)23)10-14-8-15(19)9-18(14)24-11-13-2-4-16(5-3-13)27-17-6-7-26-12-17/h2-5,14-15,17-18,24H,6-12H2,1H3/t14-,15-,17?,18+,19-/m1/s1. The zero-order valence-electron chi connectivity index (χ0n) is 15.4. The first-order valence-corrected chi connectivity index (χ1v) is 9.60. The van der Waals surface area contributed by atoms with E-state index in [1.54, 1.807) is 0 Å². The van der Waals surface area contributed by atoms with E-state index < -0.39 is 17.7 Å². The van der Waals surface area contributed by atoms with E-state index in [0.717, 1.165) is 24.3 Å². The smallest absolute Gasteiger partial charge is 0.417 e. The fraction of sp³-hybridized carbons (Fsp3) is 0.700. The SMILES string of the molecule is CO[C@]1(C(F)(F)F)C[C@H]2C[C@@H]1C[C@@H]2NCc1ccc(OC2CCOC2)cc1. The number of benzene rings is 1. The van der Waals surface area contributed by atoms with Crippen LogP contribution in [0, 0.1) is 11.8 Å². The molecule has 7 heteroatoms. The number of ether oxygens (including phenoxy) is 3. The number of nitrogens with one attached hydrogen (secondary N) is 1. The maximum atomic E-state index is 13.5. The summed E-state index contributed by atoms with van der Waals surface area (Å²) >= 11 is 0. The van der Waals surface area contributed by atoms with Gasteiger partial charge in [0.25, 0.3) is 0 Å². The molecular weight excluding hydrogens is 359 g/mol. The van der Waals surface area contributed by atoms with Crippen molar-refractivity contribution >= 4 is 0 Å². The van der Waals surface area contributed by atoms with Gasteiger partial charge in [0, 0.05) is 26.1 Å². The highest BCUT2D eigenvalue weighted by Gasteiger charge is 2.67. The minimum absolute atomic E-state index is 0.0153. The average molecular weight is 385 g/mol. The van der Waals surface area contributed by atoms with Gasteiger partial charge in [-0.2, -0.15) is 13.2 Å². The Morgan fingerprint density at radius 1 is 1.22 bits per heavy atom. The van der Waals surface area contributed by atoms with E-state index in [-0.39, 0.29) is 24.5 Å². The molecule has 0 aromatic heterocycles. The molecule has 1 aromatic rings. The summed E-state index contributed by atoms with van der Waals surface area (Å²) in [6.07, 6.45) is -2.10. The van der Waals surface area contributed by atoms with Crippen LogP contribution in [0.3, 0.4) is 0 Å². The minimum Gasteiger partial charge on any atom is -0.488 e. The predicted molar refractivity (Wildman–Crippen MR) is 93.5 cm³/mol. The molecule has 1 aliphatic heterocycles. The molecule has 4 nitrogen and oxygen atoms in total. The van der Waals surface area contributed by atoms with Crippen molar-refractivity contribution in [3.8, 4) is 5.75 Å². The number of halogens is 3. The summed E-state index contributed by atoms with van der Waals surface area (Å²) < 4.78 is 56.6. The molecule has 4 rings (SSSR count). The third-order valence-electron chi connectivity index (χ3n) is 6.45. The molecule has 3 fully saturated rings. The van der Waals surface area contributed by atoms with Gasteiger partial charge in [-0.1, -0.05) is 12.1 Å². The molecule has 1 unspecified atom stereocenters. The van der Waals surface area contributed by atoms with Gasteiger partial charge in [-0.05, 0) is 48.8 Å². The first-order chi connectivity index (χ1) is 12.9. The van der Waals surface area contributed by atoms with Crippen LogP contribution in [-0.4, -0.2) is 44.2 Å². The molecule has 3 aliphatic rings. The third-order valence-corrected chi connectivity index (χ3v) is 6.45. The first-order valence-electron chi connectivity index (χ1n) is 9.60. The van der Waals surface area contributed by atoms with Crippen molar-refractivity contribution in [2.45, 2.75) is 56.2 Å². The molecule has 5 atom stereocenters. The Hall–Kier alpha value is -1.31. The van der Waals surface area contributed by atoms with Gasteiger partial charge in [0.15, 0.2) is 5.60 Å². The van der Waals surface area contributed by atoms with Crippen LogP contribution in [0.1, 0.15) is 31.2 Å². The summed E-state index contributed by atoms with van der Waals surface area (Å²) in [5.41, 5.74) is -0.847. The number of rotatable bonds is 6. The van der Waals surface area contributed by atoms with Crippen molar-refractivity contribution in [1.82, 2.24) is 5.32 Å². The van der Waals surface area contributed by atoms with Crippen LogP contribution in [0.25, 0.3) is 0 Å². The molecule has 2 aliphatic carbocycles. The highest BCUT2D eigenvalue weighted by molar-refractivity contribution is 5.27. The predicted octanol–water partition coefficient (Wildman–Crippen LogP) is 3.69. The zero-order chi connectivity index (χ0) is 19.1. The maximum Gasteiger partial charge on any atom is 0.417 e. The molecule has 0 spiro atoms. The van der Waals surface area contributed by atoms with Gasteiger partial charge in [-0.15, -0.1) is 0 Å². The lowest BCUT2D eigenvalue weighted by Crippen LogP contribution is -2.54. The highest BCUT2D eigenvalue weighted by Crippen LogP contribution is 2.58. The number of hydrogen-bond donors (Lipinski definition) is 1. The second-order valence-electron chi connectivity index (χ2n) is 7.96. The van der Waals surface area contributed by atoms with Crippen molar-refractivity contribution in [2.24, 2.45) is 11.8 Å². The summed E-state index contributed by atoms with van der Waals surface area (Å²) in [6.45, 7) is 2.02. The average Bonchev–Trinajstić information content (AvgIpc) is 3.36. The Bertz CT molecular complexity index is 645. The van der Waals surface area contributed by atoms with Gasteiger partial charge >= 0.3 is 6.18 Å². The molecule has 1 aromatic carbocycles. The lowest BCUT2D eigenvalue weighted by atomic mass is 9.81. The van der Waals surface area contributed by atoms with Crippen LogP contribution in [0.2, 0.25) is 0 Å². The van der Waals surface area contributed by atoms with E-state index in [4.69, 9.17) is 14.2 Å². The Morgan fingerprint density at radius 2 is 2.00 bits per heavy atom. The summed E-state index contributed by atoms with van der Waals surface area (Å²) in [4.78, 5) is 0. The van der Waals surface area contributed by atoms with Crippen LogP contribution in [0.5, 0.6) is 5.75 Å². The van der Waals surface area contributed by atoms with Gasteiger partial charge in [0.05, 0.1) is 13.2 Å². The van der Waals surface area contributed by atoms with Crippen LogP contribution in [0.15, 0.2) is 24.3 Å². The van der Waals surface area contributed by atoms with Crippen molar-refractivity contribution in [3.63, 3.8) is 0 Å². The van der Waals surface area contributed by atoms with Crippen molar-refractivity contribution in [3.05, 3.63) is 29.8 Å². The van der Waals surface area contributed by atoms with Gasteiger partial charge < -0.3 is 19.5 Å². The van der Waals surface area contributed by atoms with Crippen molar-refractivity contribution < 1.29 is 27.4 Å². The second kappa shape index (κ2) is 7.26. The van der Waals surface area contributed by atoms with Gasteiger partial charge in [-0.3, -0.25) is 0 Å².